The molecule has 0 radical (unpaired) electrons. The third kappa shape index (κ3) is 3.57. The molecule has 1 fully saturated rings. The molecule has 1 aliphatic carbocycles. The van der Waals surface area contributed by atoms with Crippen molar-refractivity contribution < 1.29 is 8.42 Å². The van der Waals surface area contributed by atoms with Crippen LogP contribution >= 0.6 is 0 Å². The summed E-state index contributed by atoms with van der Waals surface area (Å²) in [7, 11) is -3.33. The summed E-state index contributed by atoms with van der Waals surface area (Å²) in [4.78, 5) is 0. The van der Waals surface area contributed by atoms with Crippen molar-refractivity contribution in [3.63, 3.8) is 0 Å². The zero-order valence-electron chi connectivity index (χ0n) is 13.4. The Labute approximate surface area is 137 Å². The van der Waals surface area contributed by atoms with Gasteiger partial charge < -0.3 is 5.73 Å². The van der Waals surface area contributed by atoms with Crippen molar-refractivity contribution in [1.29, 1.82) is 0 Å². The second-order valence-corrected chi connectivity index (χ2v) is 8.64. The average Bonchev–Trinajstić information content (AvgIpc) is 3.24. The van der Waals surface area contributed by atoms with Crippen molar-refractivity contribution in [2.24, 2.45) is 5.73 Å². The molecule has 2 aromatic rings. The summed E-state index contributed by atoms with van der Waals surface area (Å²) in [6, 6.07) is 16.1. The maximum atomic E-state index is 12.0. The minimum atomic E-state index is -3.33. The molecule has 0 aromatic heterocycles. The van der Waals surface area contributed by atoms with Crippen LogP contribution in [-0.2, 0) is 10.0 Å². The summed E-state index contributed by atoms with van der Waals surface area (Å²) in [5.74, 6) is 0.494. The van der Waals surface area contributed by atoms with E-state index in [0.717, 1.165) is 17.5 Å². The molecule has 0 bridgehead atoms. The zero-order chi connectivity index (χ0) is 16.6. The third-order valence-electron chi connectivity index (χ3n) is 4.26. The lowest BCUT2D eigenvalue weighted by molar-refractivity contribution is 0.593. The van der Waals surface area contributed by atoms with Crippen molar-refractivity contribution in [3.05, 3.63) is 54.1 Å². The third-order valence-corrected chi connectivity index (χ3v) is 6.02. The summed E-state index contributed by atoms with van der Waals surface area (Å²) in [6.07, 6.45) is 1.06. The maximum absolute atomic E-state index is 12.0. The van der Waals surface area contributed by atoms with E-state index in [-0.39, 0.29) is 0 Å². The summed E-state index contributed by atoms with van der Waals surface area (Å²) >= 11 is 0. The first-order valence-corrected chi connectivity index (χ1v) is 9.39. The van der Waals surface area contributed by atoms with Gasteiger partial charge in [-0.05, 0) is 49.1 Å². The van der Waals surface area contributed by atoms with Gasteiger partial charge in [-0.3, -0.25) is 4.72 Å². The monoisotopic (exact) mass is 330 g/mol. The molecule has 0 spiro atoms. The predicted octanol–water partition coefficient (Wildman–Crippen LogP) is 3.32. The highest BCUT2D eigenvalue weighted by Gasteiger charge is 2.34. The molecular weight excluding hydrogens is 308 g/mol. The number of hydrogen-bond donors (Lipinski definition) is 2. The summed E-state index contributed by atoms with van der Waals surface area (Å²) in [5, 5.41) is -0.465. The van der Waals surface area contributed by atoms with Crippen molar-refractivity contribution >= 4 is 15.7 Å². The van der Waals surface area contributed by atoms with Crippen LogP contribution in [0.5, 0.6) is 0 Å². The van der Waals surface area contributed by atoms with Crippen LogP contribution in [0.3, 0.4) is 0 Å². The molecule has 0 amide bonds. The Hall–Kier alpha value is -1.85. The van der Waals surface area contributed by atoms with Gasteiger partial charge in [0.2, 0.25) is 10.0 Å². The summed E-state index contributed by atoms with van der Waals surface area (Å²) < 4.78 is 26.6. The Morgan fingerprint density at radius 3 is 2.30 bits per heavy atom. The van der Waals surface area contributed by atoms with E-state index >= 15 is 0 Å². The number of benzene rings is 2. The Bertz CT molecular complexity index is 798. The first-order valence-electron chi connectivity index (χ1n) is 7.84. The number of anilines is 1. The number of nitrogens with one attached hydrogen (secondary N) is 1. The molecule has 2 unspecified atom stereocenters. The van der Waals surface area contributed by atoms with Gasteiger partial charge in [0.1, 0.15) is 0 Å². The van der Waals surface area contributed by atoms with Gasteiger partial charge in [-0.1, -0.05) is 36.4 Å². The van der Waals surface area contributed by atoms with Crippen LogP contribution in [0.25, 0.3) is 11.1 Å². The lowest BCUT2D eigenvalue weighted by atomic mass is 10.0. The number of rotatable bonds is 5. The van der Waals surface area contributed by atoms with Crippen molar-refractivity contribution in [2.75, 3.05) is 4.72 Å². The Morgan fingerprint density at radius 2 is 1.74 bits per heavy atom. The highest BCUT2D eigenvalue weighted by molar-refractivity contribution is 7.93. The molecule has 1 aliphatic rings. The molecule has 0 saturated heterocycles. The summed E-state index contributed by atoms with van der Waals surface area (Å²) in [5.41, 5.74) is 9.80. The van der Waals surface area contributed by atoms with Gasteiger partial charge >= 0.3 is 0 Å². The van der Waals surface area contributed by atoms with Crippen LogP contribution < -0.4 is 10.5 Å². The van der Waals surface area contributed by atoms with Crippen LogP contribution in [0, 0.1) is 0 Å². The van der Waals surface area contributed by atoms with E-state index in [1.807, 2.05) is 18.2 Å². The molecule has 0 heterocycles. The number of nitrogens with two attached hydrogens (primary N) is 1. The van der Waals surface area contributed by atoms with Crippen LogP contribution in [0.2, 0.25) is 0 Å². The highest BCUT2D eigenvalue weighted by Crippen LogP contribution is 2.39. The van der Waals surface area contributed by atoms with Crippen molar-refractivity contribution in [2.45, 2.75) is 37.5 Å². The van der Waals surface area contributed by atoms with Gasteiger partial charge in [-0.25, -0.2) is 8.42 Å². The maximum Gasteiger partial charge on any atom is 0.235 e. The molecule has 1 saturated carbocycles. The standard InChI is InChI=1S/C18H22N2O2S/c1-12(2)23(21,22)20-16-5-3-4-15(10-16)13-6-8-14(9-7-13)17-11-18(17)19/h3-10,12,17-18,20H,11,19H2,1-2H3. The molecule has 2 atom stereocenters. The van der Waals surface area contributed by atoms with E-state index < -0.39 is 15.3 Å². The molecule has 23 heavy (non-hydrogen) atoms. The zero-order valence-corrected chi connectivity index (χ0v) is 14.2. The molecule has 3 rings (SSSR count). The minimum absolute atomic E-state index is 0.301. The molecular formula is C18H22N2O2S. The molecule has 4 nitrogen and oxygen atoms in total. The lowest BCUT2D eigenvalue weighted by Gasteiger charge is -2.12. The fourth-order valence-electron chi connectivity index (χ4n) is 2.57. The van der Waals surface area contributed by atoms with Crippen LogP contribution in [0.15, 0.2) is 48.5 Å². The second-order valence-electron chi connectivity index (χ2n) is 6.40. The van der Waals surface area contributed by atoms with Gasteiger partial charge in [0.15, 0.2) is 0 Å². The van der Waals surface area contributed by atoms with Crippen molar-refractivity contribution in [3.8, 4) is 11.1 Å². The topological polar surface area (TPSA) is 72.2 Å². The smallest absolute Gasteiger partial charge is 0.235 e. The second kappa shape index (κ2) is 5.98. The van der Waals surface area contributed by atoms with E-state index in [0.29, 0.717) is 17.6 Å². The first-order chi connectivity index (χ1) is 10.9. The Balaban J connectivity index is 1.82. The van der Waals surface area contributed by atoms with Gasteiger partial charge in [0.05, 0.1) is 5.25 Å². The SMILES string of the molecule is CC(C)S(=O)(=O)Nc1cccc(-c2ccc(C3CC3N)cc2)c1. The fraction of sp³-hybridized carbons (Fsp3) is 0.333. The average molecular weight is 330 g/mol. The number of hydrogen-bond acceptors (Lipinski definition) is 3. The molecule has 122 valence electrons. The molecule has 3 N–H and O–H groups in total. The van der Waals surface area contributed by atoms with E-state index in [1.54, 1.807) is 19.9 Å². The van der Waals surface area contributed by atoms with Gasteiger partial charge in [-0.15, -0.1) is 0 Å². The quantitative estimate of drug-likeness (QED) is 0.883. The van der Waals surface area contributed by atoms with E-state index in [2.05, 4.69) is 29.0 Å². The highest BCUT2D eigenvalue weighted by atomic mass is 32.2. The van der Waals surface area contributed by atoms with Crippen LogP contribution in [0.4, 0.5) is 5.69 Å². The van der Waals surface area contributed by atoms with E-state index in [9.17, 15) is 8.42 Å². The first kappa shape index (κ1) is 16.0. The molecule has 0 aliphatic heterocycles. The lowest BCUT2D eigenvalue weighted by Crippen LogP contribution is -2.22. The van der Waals surface area contributed by atoms with Crippen molar-refractivity contribution in [1.82, 2.24) is 0 Å². The Morgan fingerprint density at radius 1 is 1.09 bits per heavy atom. The normalized spacial score (nSPS) is 20.5. The number of sulfonamides is 1. The van der Waals surface area contributed by atoms with E-state index in [4.69, 9.17) is 5.73 Å². The summed E-state index contributed by atoms with van der Waals surface area (Å²) in [6.45, 7) is 3.32. The molecule has 2 aromatic carbocycles. The van der Waals surface area contributed by atoms with Gasteiger partial charge in [0, 0.05) is 17.6 Å². The van der Waals surface area contributed by atoms with E-state index in [1.165, 1.54) is 5.56 Å². The predicted molar refractivity (Wildman–Crippen MR) is 94.9 cm³/mol. The largest absolute Gasteiger partial charge is 0.327 e. The fourth-order valence-corrected chi connectivity index (χ4v) is 3.26. The van der Waals surface area contributed by atoms with Gasteiger partial charge in [0.25, 0.3) is 0 Å². The minimum Gasteiger partial charge on any atom is -0.327 e. The Kier molecular flexibility index (Phi) is 4.17. The molecule has 5 heteroatoms. The van der Waals surface area contributed by atoms with Crippen LogP contribution in [0.1, 0.15) is 31.7 Å². The van der Waals surface area contributed by atoms with Crippen LogP contribution in [-0.4, -0.2) is 19.7 Å². The van der Waals surface area contributed by atoms with Gasteiger partial charge in [-0.2, -0.15) is 0 Å².